The lowest BCUT2D eigenvalue weighted by Gasteiger charge is -2.06. The molecule has 1 aromatic carbocycles. The van der Waals surface area contributed by atoms with E-state index in [2.05, 4.69) is 27.9 Å². The Morgan fingerprint density at radius 1 is 1.35 bits per heavy atom. The van der Waals surface area contributed by atoms with Crippen molar-refractivity contribution in [2.24, 2.45) is 0 Å². The maximum atomic E-state index is 11.8. The molecule has 0 fully saturated rings. The number of carbonyl (C=O) groups excluding carboxylic acids is 1. The number of carbonyl (C=O) groups is 1. The fourth-order valence-electron chi connectivity index (χ4n) is 1.28. The van der Waals surface area contributed by atoms with Crippen LogP contribution in [0.1, 0.15) is 16.8 Å². The van der Waals surface area contributed by atoms with E-state index in [1.807, 2.05) is 18.2 Å². The first-order chi connectivity index (χ1) is 8.25. The van der Waals surface area contributed by atoms with E-state index in [1.54, 1.807) is 6.07 Å². The van der Waals surface area contributed by atoms with Gasteiger partial charge in [-0.15, -0.1) is 0 Å². The van der Waals surface area contributed by atoms with Crippen molar-refractivity contribution in [3.05, 3.63) is 33.4 Å². The van der Waals surface area contributed by atoms with Gasteiger partial charge in [-0.2, -0.15) is 0 Å². The van der Waals surface area contributed by atoms with Gasteiger partial charge in [0.2, 0.25) is 0 Å². The number of rotatable bonds is 7. The third kappa shape index (κ3) is 5.47. The van der Waals surface area contributed by atoms with Crippen molar-refractivity contribution in [3.63, 3.8) is 0 Å². The van der Waals surface area contributed by atoms with Crippen LogP contribution in [0.5, 0.6) is 0 Å². The zero-order valence-corrected chi connectivity index (χ0v) is 11.6. The van der Waals surface area contributed by atoms with Crippen LogP contribution in [0.15, 0.2) is 24.3 Å². The summed E-state index contributed by atoms with van der Waals surface area (Å²) in [5.74, 6) is -0.0582. The summed E-state index contributed by atoms with van der Waals surface area (Å²) >= 11 is 2.14. The summed E-state index contributed by atoms with van der Waals surface area (Å²) in [4.78, 5) is 11.8. The molecule has 0 spiro atoms. The van der Waals surface area contributed by atoms with Gasteiger partial charge < -0.3 is 15.2 Å². The highest BCUT2D eigenvalue weighted by molar-refractivity contribution is 14.1. The molecule has 0 radical (unpaired) electrons. The first kappa shape index (κ1) is 14.4. The highest BCUT2D eigenvalue weighted by atomic mass is 127. The number of hydrogen-bond donors (Lipinski definition) is 2. The molecule has 0 saturated heterocycles. The zero-order chi connectivity index (χ0) is 12.5. The molecule has 0 heterocycles. The van der Waals surface area contributed by atoms with E-state index in [0.717, 1.165) is 9.99 Å². The predicted molar refractivity (Wildman–Crippen MR) is 74.0 cm³/mol. The Morgan fingerprint density at radius 3 is 2.82 bits per heavy atom. The van der Waals surface area contributed by atoms with Gasteiger partial charge in [-0.05, 0) is 41.1 Å². The molecule has 94 valence electrons. The molecule has 0 aliphatic heterocycles. The lowest BCUT2D eigenvalue weighted by Crippen LogP contribution is -2.26. The van der Waals surface area contributed by atoms with E-state index in [0.29, 0.717) is 25.3 Å². The van der Waals surface area contributed by atoms with Crippen LogP contribution in [-0.4, -0.2) is 37.4 Å². The second kappa shape index (κ2) is 8.43. The fraction of sp³-hybridized carbons (Fsp3) is 0.417. The molecule has 1 aromatic rings. The monoisotopic (exact) mass is 349 g/mol. The maximum absolute atomic E-state index is 11.8. The van der Waals surface area contributed by atoms with E-state index in [1.165, 1.54) is 0 Å². The zero-order valence-electron chi connectivity index (χ0n) is 9.49. The Bertz CT molecular complexity index is 357. The third-order valence-corrected chi connectivity index (χ3v) is 3.05. The highest BCUT2D eigenvalue weighted by Gasteiger charge is 2.07. The van der Waals surface area contributed by atoms with Crippen molar-refractivity contribution >= 4 is 28.5 Å². The number of aliphatic hydroxyl groups is 1. The molecular formula is C12H16INO3. The van der Waals surface area contributed by atoms with Crippen LogP contribution in [0.4, 0.5) is 0 Å². The largest absolute Gasteiger partial charge is 0.394 e. The predicted octanol–water partition coefficient (Wildman–Crippen LogP) is 1.42. The van der Waals surface area contributed by atoms with Crippen LogP contribution in [-0.2, 0) is 4.74 Å². The van der Waals surface area contributed by atoms with Crippen LogP contribution in [0.3, 0.4) is 0 Å². The molecule has 0 aliphatic carbocycles. The first-order valence-corrected chi connectivity index (χ1v) is 6.55. The number of amides is 1. The Kier molecular flexibility index (Phi) is 7.14. The summed E-state index contributed by atoms with van der Waals surface area (Å²) in [5.41, 5.74) is 0.698. The normalized spacial score (nSPS) is 10.2. The maximum Gasteiger partial charge on any atom is 0.252 e. The highest BCUT2D eigenvalue weighted by Crippen LogP contribution is 2.10. The molecule has 0 unspecified atom stereocenters. The molecule has 0 atom stereocenters. The number of halogens is 1. The molecule has 4 nitrogen and oxygen atoms in total. The quantitative estimate of drug-likeness (QED) is 0.578. The average molecular weight is 349 g/mol. The van der Waals surface area contributed by atoms with Crippen LogP contribution in [0, 0.1) is 3.57 Å². The van der Waals surface area contributed by atoms with Gasteiger partial charge in [-0.3, -0.25) is 4.79 Å². The van der Waals surface area contributed by atoms with Gasteiger partial charge >= 0.3 is 0 Å². The van der Waals surface area contributed by atoms with Gasteiger partial charge in [0.1, 0.15) is 0 Å². The van der Waals surface area contributed by atoms with Crippen molar-refractivity contribution in [2.75, 3.05) is 26.4 Å². The summed E-state index contributed by atoms with van der Waals surface area (Å²) in [6.07, 6.45) is 0.745. The van der Waals surface area contributed by atoms with Gasteiger partial charge in [-0.25, -0.2) is 0 Å². The minimum absolute atomic E-state index is 0.0363. The number of ether oxygens (including phenoxy) is 1. The van der Waals surface area contributed by atoms with Gasteiger partial charge in [0.25, 0.3) is 5.91 Å². The van der Waals surface area contributed by atoms with E-state index >= 15 is 0 Å². The Hall–Kier alpha value is -0.660. The minimum atomic E-state index is -0.0582. The van der Waals surface area contributed by atoms with E-state index < -0.39 is 0 Å². The molecule has 1 rings (SSSR count). The molecule has 0 bridgehead atoms. The number of nitrogens with one attached hydrogen (secondary N) is 1. The van der Waals surface area contributed by atoms with Crippen LogP contribution in [0.2, 0.25) is 0 Å². The van der Waals surface area contributed by atoms with Crippen molar-refractivity contribution in [1.29, 1.82) is 0 Å². The topological polar surface area (TPSA) is 58.6 Å². The van der Waals surface area contributed by atoms with Crippen LogP contribution < -0.4 is 5.32 Å². The molecule has 0 aromatic heterocycles. The van der Waals surface area contributed by atoms with Crippen LogP contribution >= 0.6 is 22.6 Å². The standard InChI is InChI=1S/C12H16INO3/c13-11-5-2-1-4-10(11)12(16)14-6-3-8-17-9-7-15/h1-2,4-5,15H,3,6-9H2,(H,14,16). The SMILES string of the molecule is O=C(NCCCOCCO)c1ccccc1I. The first-order valence-electron chi connectivity index (χ1n) is 5.47. The summed E-state index contributed by atoms with van der Waals surface area (Å²) in [5, 5.41) is 11.3. The summed E-state index contributed by atoms with van der Waals surface area (Å²) in [6, 6.07) is 7.46. The Balaban J connectivity index is 2.24. The lowest BCUT2D eigenvalue weighted by atomic mass is 10.2. The van der Waals surface area contributed by atoms with Crippen molar-refractivity contribution in [1.82, 2.24) is 5.32 Å². The summed E-state index contributed by atoms with van der Waals surface area (Å²) in [7, 11) is 0. The van der Waals surface area contributed by atoms with Crippen LogP contribution in [0.25, 0.3) is 0 Å². The minimum Gasteiger partial charge on any atom is -0.394 e. The third-order valence-electron chi connectivity index (χ3n) is 2.11. The van der Waals surface area contributed by atoms with Gasteiger partial charge in [0.15, 0.2) is 0 Å². The van der Waals surface area contributed by atoms with E-state index in [9.17, 15) is 4.79 Å². The van der Waals surface area contributed by atoms with E-state index in [4.69, 9.17) is 9.84 Å². The second-order valence-corrected chi connectivity index (χ2v) is 4.59. The van der Waals surface area contributed by atoms with E-state index in [-0.39, 0.29) is 12.5 Å². The number of benzene rings is 1. The molecule has 0 aliphatic rings. The number of aliphatic hydroxyl groups excluding tert-OH is 1. The molecule has 2 N–H and O–H groups in total. The van der Waals surface area contributed by atoms with Gasteiger partial charge in [0.05, 0.1) is 18.8 Å². The van der Waals surface area contributed by atoms with Crippen molar-refractivity contribution in [2.45, 2.75) is 6.42 Å². The number of hydrogen-bond acceptors (Lipinski definition) is 3. The van der Waals surface area contributed by atoms with Gasteiger partial charge in [0, 0.05) is 16.7 Å². The summed E-state index contributed by atoms with van der Waals surface area (Å²) < 4.78 is 6.03. The summed E-state index contributed by atoms with van der Waals surface area (Å²) in [6.45, 7) is 1.51. The van der Waals surface area contributed by atoms with Gasteiger partial charge in [-0.1, -0.05) is 12.1 Å². The molecule has 1 amide bonds. The average Bonchev–Trinajstić information content (AvgIpc) is 2.34. The molecule has 5 heteroatoms. The smallest absolute Gasteiger partial charge is 0.252 e. The second-order valence-electron chi connectivity index (χ2n) is 3.43. The molecule has 0 saturated carbocycles. The molecular weight excluding hydrogens is 333 g/mol. The van der Waals surface area contributed by atoms with Crippen molar-refractivity contribution in [3.8, 4) is 0 Å². The Labute approximate surface area is 115 Å². The lowest BCUT2D eigenvalue weighted by molar-refractivity contribution is 0.0867. The fourth-order valence-corrected chi connectivity index (χ4v) is 1.92. The molecule has 17 heavy (non-hydrogen) atoms. The Morgan fingerprint density at radius 2 is 2.12 bits per heavy atom. The van der Waals surface area contributed by atoms with Crippen molar-refractivity contribution < 1.29 is 14.6 Å².